The first kappa shape index (κ1) is 18.8. The molecule has 0 aromatic heterocycles. The highest BCUT2D eigenvalue weighted by atomic mass is 19.4. The third-order valence-electron chi connectivity index (χ3n) is 2.87. The number of carboxylic acid groups (broad SMARTS) is 1. The molecule has 1 amide bonds. The van der Waals surface area contributed by atoms with Gasteiger partial charge in [0.05, 0.1) is 5.56 Å². The average Bonchev–Trinajstić information content (AvgIpc) is 2.43. The first-order valence-electron chi connectivity index (χ1n) is 6.92. The molecule has 0 spiro atoms. The van der Waals surface area contributed by atoms with Crippen molar-refractivity contribution in [2.24, 2.45) is 5.92 Å². The third-order valence-corrected chi connectivity index (χ3v) is 2.87. The Kier molecular flexibility index (Phi) is 6.41. The van der Waals surface area contributed by atoms with E-state index in [0.29, 0.717) is 0 Å². The van der Waals surface area contributed by atoms with E-state index in [9.17, 15) is 22.8 Å². The first-order chi connectivity index (χ1) is 10.6. The van der Waals surface area contributed by atoms with E-state index in [4.69, 9.17) is 9.84 Å². The minimum Gasteiger partial charge on any atom is -0.484 e. The number of rotatable bonds is 7. The van der Waals surface area contributed by atoms with Gasteiger partial charge in [-0.2, -0.15) is 13.2 Å². The first-order valence-corrected chi connectivity index (χ1v) is 6.92. The molecule has 1 aromatic carbocycles. The minimum atomic E-state index is -4.51. The van der Waals surface area contributed by atoms with Crippen molar-refractivity contribution in [1.29, 1.82) is 0 Å². The molecule has 0 saturated carbocycles. The predicted octanol–water partition coefficient (Wildman–Crippen LogP) is 2.70. The van der Waals surface area contributed by atoms with E-state index in [1.807, 2.05) is 0 Å². The summed E-state index contributed by atoms with van der Waals surface area (Å²) in [5, 5.41) is 11.3. The van der Waals surface area contributed by atoms with E-state index >= 15 is 0 Å². The molecule has 8 heteroatoms. The molecule has 0 aliphatic carbocycles. The second-order valence-corrected chi connectivity index (χ2v) is 5.40. The third kappa shape index (κ3) is 6.58. The number of hydrogen-bond acceptors (Lipinski definition) is 3. The average molecular weight is 333 g/mol. The lowest BCUT2D eigenvalue weighted by molar-refractivity contribution is -0.142. The molecule has 0 saturated heterocycles. The molecule has 0 radical (unpaired) electrons. The molecular weight excluding hydrogens is 315 g/mol. The van der Waals surface area contributed by atoms with E-state index in [2.05, 4.69) is 5.32 Å². The maximum Gasteiger partial charge on any atom is 0.416 e. The van der Waals surface area contributed by atoms with Crippen LogP contribution in [0.1, 0.15) is 25.8 Å². The van der Waals surface area contributed by atoms with Gasteiger partial charge in [-0.3, -0.25) is 4.79 Å². The Balaban J connectivity index is 2.60. The number of carbonyl (C=O) groups excluding carboxylic acids is 1. The zero-order valence-electron chi connectivity index (χ0n) is 12.7. The SMILES string of the molecule is CC(C)C[C@H](NC(=O)COc1cccc(C(F)(F)F)c1)C(=O)O. The molecule has 0 unspecified atom stereocenters. The van der Waals surface area contributed by atoms with E-state index in [0.717, 1.165) is 18.2 Å². The lowest BCUT2D eigenvalue weighted by atomic mass is 10.0. The highest BCUT2D eigenvalue weighted by Gasteiger charge is 2.30. The fraction of sp³-hybridized carbons (Fsp3) is 0.467. The summed E-state index contributed by atoms with van der Waals surface area (Å²) in [5.74, 6) is -1.95. The van der Waals surface area contributed by atoms with Crippen LogP contribution in [0.25, 0.3) is 0 Å². The van der Waals surface area contributed by atoms with Crippen molar-refractivity contribution in [1.82, 2.24) is 5.32 Å². The molecule has 23 heavy (non-hydrogen) atoms. The van der Waals surface area contributed by atoms with E-state index in [-0.39, 0.29) is 18.1 Å². The van der Waals surface area contributed by atoms with Crippen molar-refractivity contribution in [3.8, 4) is 5.75 Å². The zero-order valence-corrected chi connectivity index (χ0v) is 12.7. The molecule has 0 aliphatic rings. The van der Waals surface area contributed by atoms with Gasteiger partial charge in [0.15, 0.2) is 6.61 Å². The molecule has 1 atom stereocenters. The largest absolute Gasteiger partial charge is 0.484 e. The lowest BCUT2D eigenvalue weighted by Gasteiger charge is -2.16. The number of ether oxygens (including phenoxy) is 1. The Morgan fingerprint density at radius 2 is 1.96 bits per heavy atom. The second kappa shape index (κ2) is 7.85. The number of hydrogen-bond donors (Lipinski definition) is 2. The fourth-order valence-corrected chi connectivity index (χ4v) is 1.84. The Labute approximate surface area is 131 Å². The number of alkyl halides is 3. The molecule has 0 bridgehead atoms. The van der Waals surface area contributed by atoms with E-state index in [1.165, 1.54) is 6.07 Å². The Morgan fingerprint density at radius 3 is 2.48 bits per heavy atom. The monoisotopic (exact) mass is 333 g/mol. The molecule has 2 N–H and O–H groups in total. The Bertz CT molecular complexity index is 558. The summed E-state index contributed by atoms with van der Waals surface area (Å²) >= 11 is 0. The van der Waals surface area contributed by atoms with Crippen LogP contribution < -0.4 is 10.1 Å². The summed E-state index contributed by atoms with van der Waals surface area (Å²) in [6, 6.07) is 3.04. The minimum absolute atomic E-state index is 0.0563. The lowest BCUT2D eigenvalue weighted by Crippen LogP contribution is -2.43. The summed E-state index contributed by atoms with van der Waals surface area (Å²) in [6.07, 6.45) is -4.27. The summed E-state index contributed by atoms with van der Waals surface area (Å²) < 4.78 is 42.6. The molecule has 0 heterocycles. The van der Waals surface area contributed by atoms with Crippen molar-refractivity contribution in [2.75, 3.05) is 6.61 Å². The van der Waals surface area contributed by atoms with E-state index in [1.54, 1.807) is 13.8 Å². The highest BCUT2D eigenvalue weighted by molar-refractivity contribution is 5.84. The van der Waals surface area contributed by atoms with Crippen LogP contribution in [0.3, 0.4) is 0 Å². The van der Waals surface area contributed by atoms with Gasteiger partial charge < -0.3 is 15.2 Å². The van der Waals surface area contributed by atoms with Crippen LogP contribution in [0.2, 0.25) is 0 Å². The number of carbonyl (C=O) groups is 2. The fourth-order valence-electron chi connectivity index (χ4n) is 1.84. The van der Waals surface area contributed by atoms with Gasteiger partial charge in [-0.25, -0.2) is 4.79 Å². The Morgan fingerprint density at radius 1 is 1.30 bits per heavy atom. The molecule has 1 rings (SSSR count). The van der Waals surface area contributed by atoms with Gasteiger partial charge >= 0.3 is 12.1 Å². The number of halogens is 3. The van der Waals surface area contributed by atoms with Crippen LogP contribution in [0.15, 0.2) is 24.3 Å². The summed E-state index contributed by atoms with van der Waals surface area (Å²) in [7, 11) is 0. The van der Waals surface area contributed by atoms with Crippen LogP contribution in [0, 0.1) is 5.92 Å². The van der Waals surface area contributed by atoms with Crippen LogP contribution in [-0.4, -0.2) is 29.6 Å². The standard InChI is InChI=1S/C15H18F3NO4/c1-9(2)6-12(14(21)22)19-13(20)8-23-11-5-3-4-10(7-11)15(16,17)18/h3-5,7,9,12H,6,8H2,1-2H3,(H,19,20)(H,21,22)/t12-/m0/s1. The van der Waals surface area contributed by atoms with Crippen LogP contribution in [0.4, 0.5) is 13.2 Å². The second-order valence-electron chi connectivity index (χ2n) is 5.40. The molecule has 128 valence electrons. The zero-order chi connectivity index (χ0) is 17.6. The van der Waals surface area contributed by atoms with Gasteiger partial charge in [0, 0.05) is 0 Å². The van der Waals surface area contributed by atoms with Crippen molar-refractivity contribution in [3.63, 3.8) is 0 Å². The number of aliphatic carboxylic acids is 1. The van der Waals surface area contributed by atoms with E-state index < -0.39 is 36.3 Å². The number of benzene rings is 1. The van der Waals surface area contributed by atoms with Crippen LogP contribution >= 0.6 is 0 Å². The highest BCUT2D eigenvalue weighted by Crippen LogP contribution is 2.31. The van der Waals surface area contributed by atoms with Gasteiger partial charge in [-0.1, -0.05) is 19.9 Å². The molecule has 1 aromatic rings. The van der Waals surface area contributed by atoms with Crippen molar-refractivity contribution >= 4 is 11.9 Å². The molecule has 0 fully saturated rings. The van der Waals surface area contributed by atoms with Crippen molar-refractivity contribution < 1.29 is 32.6 Å². The summed E-state index contributed by atoms with van der Waals surface area (Å²) in [4.78, 5) is 22.7. The normalized spacial score (nSPS) is 12.8. The smallest absolute Gasteiger partial charge is 0.416 e. The van der Waals surface area contributed by atoms with Gasteiger partial charge in [0.2, 0.25) is 0 Å². The van der Waals surface area contributed by atoms with Gasteiger partial charge in [-0.15, -0.1) is 0 Å². The quantitative estimate of drug-likeness (QED) is 0.804. The summed E-state index contributed by atoms with van der Waals surface area (Å²) in [5.41, 5.74) is -0.890. The maximum absolute atomic E-state index is 12.5. The van der Waals surface area contributed by atoms with Crippen molar-refractivity contribution in [3.05, 3.63) is 29.8 Å². The Hall–Kier alpha value is -2.25. The van der Waals surface area contributed by atoms with Crippen LogP contribution in [0.5, 0.6) is 5.75 Å². The van der Waals surface area contributed by atoms with Gasteiger partial charge in [0.25, 0.3) is 5.91 Å². The molecule has 0 aliphatic heterocycles. The van der Waals surface area contributed by atoms with Crippen molar-refractivity contribution in [2.45, 2.75) is 32.5 Å². The number of carboxylic acids is 1. The predicted molar refractivity (Wildman–Crippen MR) is 76.0 cm³/mol. The molecule has 5 nitrogen and oxygen atoms in total. The van der Waals surface area contributed by atoms with Gasteiger partial charge in [0.1, 0.15) is 11.8 Å². The topological polar surface area (TPSA) is 75.6 Å². The maximum atomic E-state index is 12.5. The van der Waals surface area contributed by atoms with Crippen LogP contribution in [-0.2, 0) is 15.8 Å². The summed E-state index contributed by atoms with van der Waals surface area (Å²) in [6.45, 7) is 3.05. The molecular formula is C15H18F3NO4. The van der Waals surface area contributed by atoms with Gasteiger partial charge in [-0.05, 0) is 30.5 Å². The number of amides is 1. The number of nitrogens with one attached hydrogen (secondary N) is 1.